The van der Waals surface area contributed by atoms with Crippen molar-refractivity contribution in [2.75, 3.05) is 31.6 Å². The topological polar surface area (TPSA) is 53.0 Å². The fraction of sp³-hybridized carbons (Fsp3) is 0.958. The number of hydrogen-bond acceptors (Lipinski definition) is 4. The van der Waals surface area contributed by atoms with Gasteiger partial charge in [0.1, 0.15) is 0 Å². The number of carbonyl (C=O) groups is 1. The van der Waals surface area contributed by atoms with Crippen molar-refractivity contribution in [3.8, 4) is 0 Å². The molecule has 1 aliphatic heterocycles. The first-order valence-corrected chi connectivity index (χ1v) is 13.6. The maximum Gasteiger partial charge on any atom is 0.233 e. The highest BCUT2D eigenvalue weighted by Crippen LogP contribution is 2.33. The van der Waals surface area contributed by atoms with E-state index in [4.69, 9.17) is 4.74 Å². The predicted octanol–water partition coefficient (Wildman–Crippen LogP) is 3.96. The number of aliphatic hydroxyl groups is 1. The van der Waals surface area contributed by atoms with Gasteiger partial charge in [0, 0.05) is 38.4 Å². The van der Waals surface area contributed by atoms with Gasteiger partial charge in [-0.15, -0.1) is 0 Å². The van der Waals surface area contributed by atoms with Crippen LogP contribution in [0, 0.1) is 11.8 Å². The zero-order chi connectivity index (χ0) is 20.9. The second kappa shape index (κ2) is 11.1. The van der Waals surface area contributed by atoms with E-state index in [9.17, 15) is 9.90 Å². The van der Waals surface area contributed by atoms with Gasteiger partial charge >= 0.3 is 0 Å². The number of hydrogen-bond donors (Lipinski definition) is 1. The second-order valence-electron chi connectivity index (χ2n) is 10.3. The Kier molecular flexibility index (Phi) is 8.52. The molecular formula is C24H41BrN2O3. The monoisotopic (exact) mass is 484 g/mol. The van der Waals surface area contributed by atoms with Crippen LogP contribution >= 0.6 is 15.9 Å². The van der Waals surface area contributed by atoms with Gasteiger partial charge in [-0.25, -0.2) is 0 Å². The average Bonchev–Trinajstić information content (AvgIpc) is 3.60. The van der Waals surface area contributed by atoms with E-state index in [1.54, 1.807) is 0 Å². The van der Waals surface area contributed by atoms with Gasteiger partial charge in [-0.2, -0.15) is 0 Å². The zero-order valence-corrected chi connectivity index (χ0v) is 20.1. The first kappa shape index (κ1) is 23.0. The molecule has 1 heterocycles. The lowest BCUT2D eigenvalue weighted by molar-refractivity contribution is -0.139. The number of rotatable bonds is 8. The maximum absolute atomic E-state index is 12.8. The van der Waals surface area contributed by atoms with Gasteiger partial charge in [0.2, 0.25) is 5.91 Å². The molecule has 3 aliphatic carbocycles. The highest BCUT2D eigenvalue weighted by Gasteiger charge is 2.38. The molecule has 3 saturated carbocycles. The Morgan fingerprint density at radius 2 is 1.50 bits per heavy atom. The molecule has 4 fully saturated rings. The first-order valence-electron chi connectivity index (χ1n) is 12.5. The third kappa shape index (κ3) is 5.99. The summed E-state index contributed by atoms with van der Waals surface area (Å²) in [6.07, 6.45) is 13.7. The van der Waals surface area contributed by atoms with Crippen molar-refractivity contribution in [2.24, 2.45) is 11.8 Å². The molecule has 5 nitrogen and oxygen atoms in total. The summed E-state index contributed by atoms with van der Waals surface area (Å²) in [5.41, 5.74) is 0. The van der Waals surface area contributed by atoms with Crippen LogP contribution < -0.4 is 0 Å². The third-order valence-electron chi connectivity index (χ3n) is 8.08. The van der Waals surface area contributed by atoms with Crippen molar-refractivity contribution in [1.82, 2.24) is 9.80 Å². The number of nitrogens with zero attached hydrogens (tertiary/aromatic N) is 2. The molecule has 0 unspecified atom stereocenters. The van der Waals surface area contributed by atoms with Crippen molar-refractivity contribution in [2.45, 2.75) is 101 Å². The molecule has 1 saturated heterocycles. The van der Waals surface area contributed by atoms with Crippen LogP contribution in [-0.4, -0.2) is 76.7 Å². The Labute approximate surface area is 191 Å². The van der Waals surface area contributed by atoms with Crippen molar-refractivity contribution in [3.63, 3.8) is 0 Å². The average molecular weight is 486 g/mol. The van der Waals surface area contributed by atoms with Crippen LogP contribution in [0.25, 0.3) is 0 Å². The van der Waals surface area contributed by atoms with Gasteiger partial charge in [0.25, 0.3) is 0 Å². The number of ether oxygens (including phenoxy) is 1. The number of halogens is 1. The molecule has 0 aromatic heterocycles. The number of alkyl halides is 1. The Bertz CT molecular complexity index is 543. The minimum Gasteiger partial charge on any atom is -0.391 e. The SMILES string of the molecule is O=C(CBr)N(C1CCN(C2CCC(COCC3CC3)CC2)CC1)[C@@H]1CCCC[C@H]1O. The van der Waals surface area contributed by atoms with E-state index in [1.807, 2.05) is 0 Å². The van der Waals surface area contributed by atoms with Crippen molar-refractivity contribution >= 4 is 21.8 Å². The summed E-state index contributed by atoms with van der Waals surface area (Å²) >= 11 is 3.38. The lowest BCUT2D eigenvalue weighted by atomic mass is 9.84. The Hall–Kier alpha value is -0.170. The summed E-state index contributed by atoms with van der Waals surface area (Å²) in [5, 5.41) is 10.9. The molecule has 0 aromatic rings. The molecule has 172 valence electrons. The van der Waals surface area contributed by atoms with Crippen LogP contribution in [0.5, 0.6) is 0 Å². The van der Waals surface area contributed by atoms with E-state index in [0.717, 1.165) is 76.7 Å². The van der Waals surface area contributed by atoms with Gasteiger partial charge < -0.3 is 19.6 Å². The van der Waals surface area contributed by atoms with E-state index in [0.29, 0.717) is 11.4 Å². The zero-order valence-electron chi connectivity index (χ0n) is 18.5. The van der Waals surface area contributed by atoms with E-state index in [-0.39, 0.29) is 24.1 Å². The molecule has 1 N–H and O–H groups in total. The van der Waals surface area contributed by atoms with E-state index < -0.39 is 0 Å². The van der Waals surface area contributed by atoms with Gasteiger partial charge in [-0.05, 0) is 76.0 Å². The van der Waals surface area contributed by atoms with Gasteiger partial charge in [-0.1, -0.05) is 28.8 Å². The summed E-state index contributed by atoms with van der Waals surface area (Å²) in [4.78, 5) is 17.5. The van der Waals surface area contributed by atoms with E-state index in [1.165, 1.54) is 38.5 Å². The molecule has 1 amide bonds. The summed E-state index contributed by atoms with van der Waals surface area (Å²) < 4.78 is 5.94. The highest BCUT2D eigenvalue weighted by atomic mass is 79.9. The van der Waals surface area contributed by atoms with Crippen molar-refractivity contribution in [3.05, 3.63) is 0 Å². The van der Waals surface area contributed by atoms with E-state index >= 15 is 0 Å². The number of aliphatic hydroxyl groups excluding tert-OH is 1. The molecular weight excluding hydrogens is 444 g/mol. The number of carbonyl (C=O) groups excluding carboxylic acids is 1. The lowest BCUT2D eigenvalue weighted by Crippen LogP contribution is -2.57. The fourth-order valence-corrected chi connectivity index (χ4v) is 6.33. The van der Waals surface area contributed by atoms with Crippen LogP contribution in [0.1, 0.15) is 77.0 Å². The lowest BCUT2D eigenvalue weighted by Gasteiger charge is -2.47. The summed E-state index contributed by atoms with van der Waals surface area (Å²) in [5.74, 6) is 1.79. The Morgan fingerprint density at radius 1 is 0.900 bits per heavy atom. The van der Waals surface area contributed by atoms with Crippen LogP contribution in [0.2, 0.25) is 0 Å². The Balaban J connectivity index is 1.23. The number of amides is 1. The number of likely N-dealkylation sites (tertiary alicyclic amines) is 1. The van der Waals surface area contributed by atoms with Crippen LogP contribution in [0.15, 0.2) is 0 Å². The number of piperidine rings is 1. The quantitative estimate of drug-likeness (QED) is 0.529. The van der Waals surface area contributed by atoms with Crippen LogP contribution in [0.4, 0.5) is 0 Å². The minimum absolute atomic E-state index is 0.0198. The molecule has 0 aromatic carbocycles. The summed E-state index contributed by atoms with van der Waals surface area (Å²) in [6, 6.07) is 1.02. The summed E-state index contributed by atoms with van der Waals surface area (Å²) in [6.45, 7) is 4.14. The second-order valence-corrected chi connectivity index (χ2v) is 10.8. The molecule has 0 bridgehead atoms. The molecule has 0 spiro atoms. The molecule has 6 heteroatoms. The van der Waals surface area contributed by atoms with Crippen molar-refractivity contribution in [1.29, 1.82) is 0 Å². The molecule has 2 atom stereocenters. The molecule has 4 rings (SSSR count). The van der Waals surface area contributed by atoms with E-state index in [2.05, 4.69) is 25.7 Å². The van der Waals surface area contributed by atoms with Crippen LogP contribution in [-0.2, 0) is 9.53 Å². The third-order valence-corrected chi connectivity index (χ3v) is 8.56. The minimum atomic E-state index is -0.350. The standard InChI is InChI=1S/C24H41BrN2O3/c25-15-24(29)27(22-3-1-2-4-23(22)28)21-11-13-26(14-12-21)20-9-7-19(8-10-20)17-30-16-18-5-6-18/h18-23,28H,1-17H2/t19?,20?,22-,23-/m1/s1. The fourth-order valence-electron chi connectivity index (χ4n) is 6.04. The first-order chi connectivity index (χ1) is 14.7. The highest BCUT2D eigenvalue weighted by molar-refractivity contribution is 9.09. The van der Waals surface area contributed by atoms with Crippen molar-refractivity contribution < 1.29 is 14.6 Å². The normalized spacial score (nSPS) is 34.1. The smallest absolute Gasteiger partial charge is 0.233 e. The Morgan fingerprint density at radius 3 is 2.07 bits per heavy atom. The summed E-state index contributed by atoms with van der Waals surface area (Å²) in [7, 11) is 0. The van der Waals surface area contributed by atoms with Gasteiger partial charge in [-0.3, -0.25) is 4.79 Å². The largest absolute Gasteiger partial charge is 0.391 e. The molecule has 0 radical (unpaired) electrons. The maximum atomic E-state index is 12.8. The van der Waals surface area contributed by atoms with Gasteiger partial charge in [0.05, 0.1) is 17.5 Å². The van der Waals surface area contributed by atoms with Crippen LogP contribution in [0.3, 0.4) is 0 Å². The predicted molar refractivity (Wildman–Crippen MR) is 123 cm³/mol. The molecule has 4 aliphatic rings. The van der Waals surface area contributed by atoms with Gasteiger partial charge in [0.15, 0.2) is 0 Å². The molecule has 30 heavy (non-hydrogen) atoms.